The second-order valence-corrected chi connectivity index (χ2v) is 8.21. The number of alkyl halides is 3. The fraction of sp³-hybridized carbons (Fsp3) is 0.333. The van der Waals surface area contributed by atoms with Crippen LogP contribution in [-0.4, -0.2) is 47.6 Å². The summed E-state index contributed by atoms with van der Waals surface area (Å²) in [5, 5.41) is 19.9. The van der Waals surface area contributed by atoms with Crippen LogP contribution in [0.5, 0.6) is 0 Å². The number of anilines is 1. The highest BCUT2D eigenvalue weighted by Gasteiger charge is 2.53. The molecule has 0 saturated carbocycles. The molecule has 4 heterocycles. The molecule has 1 aliphatic heterocycles. The number of hydrogen-bond acceptors (Lipinski definition) is 6. The Morgan fingerprint density at radius 3 is 2.71 bits per heavy atom. The molecule has 13 heteroatoms. The number of fused-ring (bicyclic) bond motifs is 1. The van der Waals surface area contributed by atoms with Gasteiger partial charge in [0.1, 0.15) is 17.5 Å². The zero-order valence-corrected chi connectivity index (χ0v) is 17.7. The molecule has 2 N–H and O–H groups in total. The lowest BCUT2D eigenvalue weighted by atomic mass is 10.0. The average Bonchev–Trinajstić information content (AvgIpc) is 3.53. The minimum absolute atomic E-state index is 0.131. The van der Waals surface area contributed by atoms with E-state index < -0.39 is 35.3 Å². The van der Waals surface area contributed by atoms with E-state index in [9.17, 15) is 27.1 Å². The highest BCUT2D eigenvalue weighted by atomic mass is 19.4. The summed E-state index contributed by atoms with van der Waals surface area (Å²) in [6.45, 7) is 1.12. The van der Waals surface area contributed by atoms with E-state index in [1.54, 1.807) is 12.3 Å². The van der Waals surface area contributed by atoms with Crippen molar-refractivity contribution in [3.8, 4) is 11.4 Å². The molecule has 178 valence electrons. The zero-order chi connectivity index (χ0) is 24.3. The van der Waals surface area contributed by atoms with Crippen LogP contribution in [0.15, 0.2) is 36.7 Å². The van der Waals surface area contributed by atoms with Crippen LogP contribution < -0.4 is 4.90 Å². The van der Waals surface area contributed by atoms with Gasteiger partial charge in [0.05, 0.1) is 17.8 Å². The summed E-state index contributed by atoms with van der Waals surface area (Å²) in [5.74, 6) is -1.51. The van der Waals surface area contributed by atoms with Crippen LogP contribution in [0.25, 0.3) is 17.0 Å². The van der Waals surface area contributed by atoms with Crippen molar-refractivity contribution < 1.29 is 27.1 Å². The van der Waals surface area contributed by atoms with Crippen LogP contribution in [0, 0.1) is 11.6 Å². The van der Waals surface area contributed by atoms with Crippen LogP contribution in [-0.2, 0) is 5.60 Å². The van der Waals surface area contributed by atoms with Crippen LogP contribution in [0.1, 0.15) is 37.2 Å². The molecule has 5 rings (SSSR count). The lowest BCUT2D eigenvalue weighted by molar-refractivity contribution is -0.261. The molecule has 1 saturated heterocycles. The van der Waals surface area contributed by atoms with Crippen molar-refractivity contribution >= 4 is 11.5 Å². The number of nitrogens with one attached hydrogen (secondary N) is 1. The third-order valence-electron chi connectivity index (χ3n) is 5.96. The Bertz CT molecular complexity index is 1360. The van der Waals surface area contributed by atoms with E-state index in [0.717, 1.165) is 18.6 Å². The standard InChI is InChI=1S/C21H18F5N7O/c1-20(34,21(24,25)26)19-29-17(30-31-19)13-10-27-33-8-6-16(28-18(13)33)32-7-2-3-15(32)12-9-11(22)4-5-14(12)23/h4-6,8-10,15,34H,2-3,7H2,1H3,(H,29,30,31)/t15-,20?/m1/s1. The highest BCUT2D eigenvalue weighted by molar-refractivity contribution is 5.73. The van der Waals surface area contributed by atoms with Crippen molar-refractivity contribution in [3.05, 3.63) is 59.7 Å². The Kier molecular flexibility index (Phi) is 5.04. The molecule has 8 nitrogen and oxygen atoms in total. The van der Waals surface area contributed by atoms with Gasteiger partial charge < -0.3 is 10.0 Å². The molecule has 0 aliphatic carbocycles. The van der Waals surface area contributed by atoms with Crippen LogP contribution in [0.3, 0.4) is 0 Å². The predicted octanol–water partition coefficient (Wildman–Crippen LogP) is 3.90. The summed E-state index contributed by atoms with van der Waals surface area (Å²) < 4.78 is 69.1. The molecular formula is C21H18F5N7O. The van der Waals surface area contributed by atoms with E-state index in [-0.39, 0.29) is 22.6 Å². The Morgan fingerprint density at radius 1 is 1.15 bits per heavy atom. The van der Waals surface area contributed by atoms with Crippen LogP contribution in [0.2, 0.25) is 0 Å². The molecule has 4 aromatic rings. The lowest BCUT2D eigenvalue weighted by Crippen LogP contribution is -2.40. The van der Waals surface area contributed by atoms with Gasteiger partial charge in [0, 0.05) is 18.3 Å². The van der Waals surface area contributed by atoms with Crippen molar-refractivity contribution in [2.75, 3.05) is 11.4 Å². The molecule has 1 aromatic carbocycles. The molecule has 1 unspecified atom stereocenters. The van der Waals surface area contributed by atoms with E-state index in [1.807, 2.05) is 4.90 Å². The van der Waals surface area contributed by atoms with E-state index in [2.05, 4.69) is 25.3 Å². The summed E-state index contributed by atoms with van der Waals surface area (Å²) in [5.41, 5.74) is -2.52. The Labute approximate surface area is 189 Å². The number of aromatic amines is 1. The van der Waals surface area contributed by atoms with Gasteiger partial charge in [-0.25, -0.2) is 23.3 Å². The van der Waals surface area contributed by atoms with Gasteiger partial charge in [-0.3, -0.25) is 5.10 Å². The Hall–Kier alpha value is -3.61. The third kappa shape index (κ3) is 3.56. The predicted molar refractivity (Wildman–Crippen MR) is 110 cm³/mol. The van der Waals surface area contributed by atoms with Crippen molar-refractivity contribution in [3.63, 3.8) is 0 Å². The molecular weight excluding hydrogens is 461 g/mol. The molecule has 2 atom stereocenters. The number of benzene rings is 1. The molecule has 3 aromatic heterocycles. The van der Waals surface area contributed by atoms with Gasteiger partial charge in [-0.2, -0.15) is 23.4 Å². The fourth-order valence-electron chi connectivity index (χ4n) is 4.05. The minimum atomic E-state index is -4.97. The lowest BCUT2D eigenvalue weighted by Gasteiger charge is -2.26. The van der Waals surface area contributed by atoms with Gasteiger partial charge in [-0.05, 0) is 44.0 Å². The van der Waals surface area contributed by atoms with Gasteiger partial charge in [-0.15, -0.1) is 0 Å². The smallest absolute Gasteiger partial charge is 0.374 e. The SMILES string of the molecule is CC(O)(c1nc(-c2cnn3ccc(N4CCC[C@@H]4c4cc(F)ccc4F)nc23)n[nH]1)C(F)(F)F. The van der Waals surface area contributed by atoms with Crippen molar-refractivity contribution in [2.45, 2.75) is 37.6 Å². The van der Waals surface area contributed by atoms with Crippen molar-refractivity contribution in [2.24, 2.45) is 0 Å². The van der Waals surface area contributed by atoms with E-state index in [4.69, 9.17) is 0 Å². The fourth-order valence-corrected chi connectivity index (χ4v) is 4.05. The van der Waals surface area contributed by atoms with Crippen molar-refractivity contribution in [1.29, 1.82) is 0 Å². The topological polar surface area (TPSA) is 95.2 Å². The van der Waals surface area contributed by atoms with Gasteiger partial charge in [-0.1, -0.05) is 0 Å². The Balaban J connectivity index is 1.53. The van der Waals surface area contributed by atoms with Gasteiger partial charge in [0.2, 0.25) is 5.60 Å². The number of nitrogens with zero attached hydrogens (tertiary/aromatic N) is 6. The van der Waals surface area contributed by atoms with Crippen LogP contribution in [0.4, 0.5) is 27.8 Å². The summed E-state index contributed by atoms with van der Waals surface area (Å²) in [6.07, 6.45) is -0.702. The Morgan fingerprint density at radius 2 is 1.94 bits per heavy atom. The van der Waals surface area contributed by atoms with E-state index in [1.165, 1.54) is 16.8 Å². The maximum Gasteiger partial charge on any atom is 0.424 e. The molecule has 34 heavy (non-hydrogen) atoms. The molecule has 1 aliphatic rings. The maximum atomic E-state index is 14.4. The molecule has 1 fully saturated rings. The number of halogens is 5. The first-order valence-corrected chi connectivity index (χ1v) is 10.3. The number of aromatic nitrogens is 6. The highest BCUT2D eigenvalue weighted by Crippen LogP contribution is 2.39. The number of H-pyrrole nitrogens is 1. The van der Waals surface area contributed by atoms with Gasteiger partial charge in [0.25, 0.3) is 0 Å². The number of hydrogen-bond donors (Lipinski definition) is 2. The normalized spacial score (nSPS) is 18.6. The van der Waals surface area contributed by atoms with Gasteiger partial charge >= 0.3 is 6.18 Å². The first kappa shape index (κ1) is 22.2. The van der Waals surface area contributed by atoms with E-state index >= 15 is 0 Å². The minimum Gasteiger partial charge on any atom is -0.374 e. The summed E-state index contributed by atoms with van der Waals surface area (Å²) >= 11 is 0. The van der Waals surface area contributed by atoms with Gasteiger partial charge in [0.15, 0.2) is 17.3 Å². The van der Waals surface area contributed by atoms with Crippen LogP contribution >= 0.6 is 0 Å². The monoisotopic (exact) mass is 479 g/mol. The second kappa shape index (κ2) is 7.72. The van der Waals surface area contributed by atoms with E-state index in [0.29, 0.717) is 25.7 Å². The average molecular weight is 479 g/mol. The third-order valence-corrected chi connectivity index (χ3v) is 5.96. The maximum absolute atomic E-state index is 14.4. The summed E-state index contributed by atoms with van der Waals surface area (Å²) in [7, 11) is 0. The molecule has 0 spiro atoms. The number of aliphatic hydroxyl groups is 1. The molecule has 0 radical (unpaired) electrons. The first-order valence-electron chi connectivity index (χ1n) is 10.3. The quantitative estimate of drug-likeness (QED) is 0.431. The number of rotatable bonds is 4. The largest absolute Gasteiger partial charge is 0.424 e. The molecule has 0 bridgehead atoms. The first-order chi connectivity index (χ1) is 16.1. The second-order valence-electron chi connectivity index (χ2n) is 8.21. The zero-order valence-electron chi connectivity index (χ0n) is 17.7. The summed E-state index contributed by atoms with van der Waals surface area (Å²) in [4.78, 5) is 10.2. The summed E-state index contributed by atoms with van der Waals surface area (Å²) in [6, 6.07) is 4.54. The van der Waals surface area contributed by atoms with Crippen molar-refractivity contribution in [1.82, 2.24) is 29.8 Å². The molecule has 0 amide bonds.